The van der Waals surface area contributed by atoms with Crippen LogP contribution in [-0.4, -0.2) is 27.8 Å². The number of hydrogen-bond acceptors (Lipinski definition) is 5. The van der Waals surface area contributed by atoms with Gasteiger partial charge in [-0.1, -0.05) is 41.6 Å². The van der Waals surface area contributed by atoms with Crippen LogP contribution in [0.1, 0.15) is 12.0 Å². The van der Waals surface area contributed by atoms with Gasteiger partial charge in [-0.2, -0.15) is 5.26 Å². The lowest BCUT2D eigenvalue weighted by Crippen LogP contribution is -2.27. The van der Waals surface area contributed by atoms with E-state index in [1.807, 2.05) is 43.3 Å². The van der Waals surface area contributed by atoms with Crippen LogP contribution in [0.2, 0.25) is 0 Å². The normalized spacial score (nSPS) is 10.5. The highest BCUT2D eigenvalue weighted by atomic mass is 32.2. The van der Waals surface area contributed by atoms with Crippen molar-refractivity contribution in [2.24, 2.45) is 0 Å². The van der Waals surface area contributed by atoms with Gasteiger partial charge in [0.2, 0.25) is 5.91 Å². The molecule has 0 aliphatic heterocycles. The smallest absolute Gasteiger partial charge is 0.266 e. The Morgan fingerprint density at radius 1 is 1.22 bits per heavy atom. The molecule has 7 heteroatoms. The van der Waals surface area contributed by atoms with E-state index in [4.69, 9.17) is 5.26 Å². The molecule has 1 N–H and O–H groups in total. The van der Waals surface area contributed by atoms with Crippen molar-refractivity contribution in [2.45, 2.75) is 18.5 Å². The number of rotatable bonds is 6. The third kappa shape index (κ3) is 4.36. The highest BCUT2D eigenvalue weighted by molar-refractivity contribution is 7.99. The maximum atomic E-state index is 13.1. The molecule has 0 atom stereocenters. The molecule has 1 aromatic heterocycles. The Balaban J connectivity index is 1.98. The number of aryl methyl sites for hydroxylation is 1. The molecule has 0 radical (unpaired) electrons. The number of thioether (sulfide) groups is 1. The zero-order valence-electron chi connectivity index (χ0n) is 14.8. The van der Waals surface area contributed by atoms with Crippen LogP contribution in [0.25, 0.3) is 16.6 Å². The summed E-state index contributed by atoms with van der Waals surface area (Å²) in [7, 11) is 0. The number of fused-ring (bicyclic) bond motifs is 1. The standard InChI is InChI=1S/C20H18N4O2S/c1-14-7-9-15(10-8-14)24-19(26)16-5-2-3-6-17(16)23-20(24)27-13-18(25)22-12-4-11-21/h2-3,5-10H,4,12-13H2,1H3,(H,22,25). The number of hydrogen-bond donors (Lipinski definition) is 1. The molecule has 136 valence electrons. The summed E-state index contributed by atoms with van der Waals surface area (Å²) in [5, 5.41) is 12.2. The number of carbonyl (C=O) groups excluding carboxylic acids is 1. The van der Waals surface area contributed by atoms with Gasteiger partial charge in [0.05, 0.1) is 34.8 Å². The molecule has 0 aliphatic carbocycles. The van der Waals surface area contributed by atoms with E-state index in [9.17, 15) is 9.59 Å². The van der Waals surface area contributed by atoms with Crippen LogP contribution in [-0.2, 0) is 4.79 Å². The van der Waals surface area contributed by atoms with Crippen molar-refractivity contribution in [1.82, 2.24) is 14.9 Å². The highest BCUT2D eigenvalue weighted by Crippen LogP contribution is 2.21. The molecule has 0 saturated carbocycles. The molecule has 0 bridgehead atoms. The van der Waals surface area contributed by atoms with Gasteiger partial charge >= 0.3 is 0 Å². The molecule has 0 fully saturated rings. The summed E-state index contributed by atoms with van der Waals surface area (Å²) in [6, 6.07) is 16.7. The Labute approximate surface area is 160 Å². The first-order chi connectivity index (χ1) is 13.1. The fraction of sp³-hybridized carbons (Fsp3) is 0.200. The Hall–Kier alpha value is -3.11. The number of aromatic nitrogens is 2. The van der Waals surface area contributed by atoms with Crippen LogP contribution in [0.3, 0.4) is 0 Å². The van der Waals surface area contributed by atoms with E-state index in [0.29, 0.717) is 28.3 Å². The third-order valence-electron chi connectivity index (χ3n) is 3.93. The maximum absolute atomic E-state index is 13.1. The Kier molecular flexibility index (Phi) is 5.89. The summed E-state index contributed by atoms with van der Waals surface area (Å²) in [4.78, 5) is 29.6. The molecular formula is C20H18N4O2S. The van der Waals surface area contributed by atoms with E-state index < -0.39 is 0 Å². The minimum atomic E-state index is -0.201. The predicted octanol–water partition coefficient (Wildman–Crippen LogP) is 2.82. The van der Waals surface area contributed by atoms with E-state index in [-0.39, 0.29) is 23.6 Å². The van der Waals surface area contributed by atoms with Crippen LogP contribution in [0, 0.1) is 18.3 Å². The van der Waals surface area contributed by atoms with E-state index in [1.54, 1.807) is 18.2 Å². The number of nitrogens with zero attached hydrogens (tertiary/aromatic N) is 3. The van der Waals surface area contributed by atoms with Crippen LogP contribution in [0.4, 0.5) is 0 Å². The summed E-state index contributed by atoms with van der Waals surface area (Å²) < 4.78 is 1.54. The summed E-state index contributed by atoms with van der Waals surface area (Å²) in [6.45, 7) is 2.29. The van der Waals surface area contributed by atoms with Gasteiger partial charge in [-0.15, -0.1) is 0 Å². The average Bonchev–Trinajstić information content (AvgIpc) is 2.68. The lowest BCUT2D eigenvalue weighted by Gasteiger charge is -2.13. The number of para-hydroxylation sites is 1. The number of nitriles is 1. The largest absolute Gasteiger partial charge is 0.354 e. The second-order valence-electron chi connectivity index (χ2n) is 5.93. The van der Waals surface area contributed by atoms with Gasteiger partial charge in [0, 0.05) is 6.54 Å². The molecule has 3 aromatic rings. The lowest BCUT2D eigenvalue weighted by atomic mass is 10.2. The summed E-state index contributed by atoms with van der Waals surface area (Å²) in [5.41, 5.74) is 2.22. The summed E-state index contributed by atoms with van der Waals surface area (Å²) in [6.07, 6.45) is 0.263. The fourth-order valence-corrected chi connectivity index (χ4v) is 3.41. The number of amides is 1. The van der Waals surface area contributed by atoms with Crippen molar-refractivity contribution >= 4 is 28.6 Å². The van der Waals surface area contributed by atoms with Crippen molar-refractivity contribution in [3.05, 3.63) is 64.4 Å². The first-order valence-electron chi connectivity index (χ1n) is 8.45. The van der Waals surface area contributed by atoms with Gasteiger partial charge in [-0.25, -0.2) is 4.98 Å². The van der Waals surface area contributed by atoms with Crippen LogP contribution < -0.4 is 10.9 Å². The van der Waals surface area contributed by atoms with Crippen LogP contribution >= 0.6 is 11.8 Å². The first kappa shape index (κ1) is 18.7. The van der Waals surface area contributed by atoms with Gasteiger partial charge in [-0.05, 0) is 31.2 Å². The van der Waals surface area contributed by atoms with E-state index in [2.05, 4.69) is 10.3 Å². The van der Waals surface area contributed by atoms with E-state index >= 15 is 0 Å². The van der Waals surface area contributed by atoms with Crippen molar-refractivity contribution in [3.8, 4) is 11.8 Å². The number of benzene rings is 2. The minimum absolute atomic E-state index is 0.113. The minimum Gasteiger partial charge on any atom is -0.354 e. The fourth-order valence-electron chi connectivity index (χ4n) is 2.57. The molecule has 0 saturated heterocycles. The molecule has 27 heavy (non-hydrogen) atoms. The molecule has 0 spiro atoms. The second-order valence-corrected chi connectivity index (χ2v) is 6.88. The Bertz CT molecular complexity index is 1070. The van der Waals surface area contributed by atoms with Gasteiger partial charge in [0.15, 0.2) is 5.16 Å². The van der Waals surface area contributed by atoms with Crippen LogP contribution in [0.5, 0.6) is 0 Å². The van der Waals surface area contributed by atoms with Crippen molar-refractivity contribution in [3.63, 3.8) is 0 Å². The molecule has 1 amide bonds. The second kappa shape index (κ2) is 8.52. The van der Waals surface area contributed by atoms with Crippen molar-refractivity contribution < 1.29 is 4.79 Å². The van der Waals surface area contributed by atoms with E-state index in [0.717, 1.165) is 5.56 Å². The average molecular weight is 378 g/mol. The molecule has 2 aromatic carbocycles. The SMILES string of the molecule is Cc1ccc(-n2c(SCC(=O)NCCC#N)nc3ccccc3c2=O)cc1. The van der Waals surface area contributed by atoms with E-state index in [1.165, 1.54) is 16.3 Å². The summed E-state index contributed by atoms with van der Waals surface area (Å²) in [5.74, 6) is -0.0877. The third-order valence-corrected chi connectivity index (χ3v) is 4.87. The predicted molar refractivity (Wildman–Crippen MR) is 106 cm³/mol. The number of carbonyl (C=O) groups is 1. The van der Waals surface area contributed by atoms with Crippen molar-refractivity contribution in [2.75, 3.05) is 12.3 Å². The zero-order chi connectivity index (χ0) is 19.2. The van der Waals surface area contributed by atoms with Gasteiger partial charge in [0.1, 0.15) is 0 Å². The molecular weight excluding hydrogens is 360 g/mol. The molecule has 6 nitrogen and oxygen atoms in total. The van der Waals surface area contributed by atoms with Gasteiger partial charge in [-0.3, -0.25) is 14.2 Å². The quantitative estimate of drug-likeness (QED) is 0.405. The number of nitrogens with one attached hydrogen (secondary N) is 1. The first-order valence-corrected chi connectivity index (χ1v) is 9.44. The Morgan fingerprint density at radius 3 is 2.70 bits per heavy atom. The molecule has 3 rings (SSSR count). The lowest BCUT2D eigenvalue weighted by molar-refractivity contribution is -0.118. The Morgan fingerprint density at radius 2 is 1.96 bits per heavy atom. The molecule has 0 aliphatic rings. The van der Waals surface area contributed by atoms with Crippen molar-refractivity contribution in [1.29, 1.82) is 5.26 Å². The highest BCUT2D eigenvalue weighted by Gasteiger charge is 2.14. The monoisotopic (exact) mass is 378 g/mol. The summed E-state index contributed by atoms with van der Waals surface area (Å²) >= 11 is 1.20. The topological polar surface area (TPSA) is 87.8 Å². The van der Waals surface area contributed by atoms with Crippen LogP contribution in [0.15, 0.2) is 58.5 Å². The van der Waals surface area contributed by atoms with Gasteiger partial charge in [0.25, 0.3) is 5.56 Å². The molecule has 0 unspecified atom stereocenters. The van der Waals surface area contributed by atoms with Gasteiger partial charge < -0.3 is 5.32 Å². The zero-order valence-corrected chi connectivity index (χ0v) is 15.6. The molecule has 1 heterocycles. The maximum Gasteiger partial charge on any atom is 0.266 e.